The maximum atomic E-state index is 13.4. The summed E-state index contributed by atoms with van der Waals surface area (Å²) >= 11 is 13.6. The van der Waals surface area contributed by atoms with Crippen molar-refractivity contribution < 1.29 is 8.42 Å². The van der Waals surface area contributed by atoms with Gasteiger partial charge in [-0.1, -0.05) is 35.0 Å². The lowest BCUT2D eigenvalue weighted by atomic mass is 10.2. The van der Waals surface area contributed by atoms with Crippen molar-refractivity contribution in [3.05, 3.63) is 52.0 Å². The zero-order valence-corrected chi connectivity index (χ0v) is 19.6. The van der Waals surface area contributed by atoms with Crippen LogP contribution in [0.5, 0.6) is 0 Å². The third-order valence-electron chi connectivity index (χ3n) is 4.48. The van der Waals surface area contributed by atoms with Crippen LogP contribution in [0.25, 0.3) is 0 Å². The molecule has 2 aromatic rings. The molecule has 3 rings (SSSR count). The van der Waals surface area contributed by atoms with Crippen LogP contribution in [0, 0.1) is 11.3 Å². The van der Waals surface area contributed by atoms with Gasteiger partial charge in [-0.2, -0.15) is 9.57 Å². The van der Waals surface area contributed by atoms with E-state index < -0.39 is 10.0 Å². The Hall–Kier alpha value is -0.980. The van der Waals surface area contributed by atoms with E-state index in [1.807, 2.05) is 13.1 Å². The minimum absolute atomic E-state index is 0. The van der Waals surface area contributed by atoms with Crippen molar-refractivity contribution in [2.45, 2.75) is 21.1 Å². The number of nitriles is 1. The topological polar surface area (TPSA) is 64.4 Å². The number of rotatable bonds is 4. The molecule has 1 aliphatic heterocycles. The maximum absolute atomic E-state index is 13.4. The van der Waals surface area contributed by atoms with Gasteiger partial charge in [-0.25, -0.2) is 8.42 Å². The third-order valence-corrected chi connectivity index (χ3v) is 8.36. The quantitative estimate of drug-likeness (QED) is 0.615. The number of halogens is 3. The lowest BCUT2D eigenvalue weighted by Gasteiger charge is -2.22. The summed E-state index contributed by atoms with van der Waals surface area (Å²) in [5.41, 5.74) is 0.298. The number of hydrogen-bond donors (Lipinski definition) is 0. The molecule has 5 nitrogen and oxygen atoms in total. The molecule has 1 aliphatic rings. The molecular formula is C19H20Cl3N3O2S2. The monoisotopic (exact) mass is 491 g/mol. The highest BCUT2D eigenvalue weighted by Gasteiger charge is 2.29. The van der Waals surface area contributed by atoms with Gasteiger partial charge >= 0.3 is 0 Å². The smallest absolute Gasteiger partial charge is 0.244 e. The molecule has 0 aliphatic carbocycles. The molecule has 0 spiro atoms. The largest absolute Gasteiger partial charge is 0.305 e. The molecule has 1 saturated heterocycles. The predicted molar refractivity (Wildman–Crippen MR) is 120 cm³/mol. The normalized spacial score (nSPS) is 15.9. The van der Waals surface area contributed by atoms with E-state index in [1.165, 1.54) is 22.1 Å². The first-order valence-electron chi connectivity index (χ1n) is 8.67. The first kappa shape index (κ1) is 24.3. The van der Waals surface area contributed by atoms with E-state index in [1.54, 1.807) is 30.3 Å². The van der Waals surface area contributed by atoms with Crippen molar-refractivity contribution in [1.29, 1.82) is 5.26 Å². The zero-order chi connectivity index (χ0) is 20.3. The second-order valence-corrected chi connectivity index (χ2v) is 10.3. The number of likely N-dealkylation sites (N-methyl/N-ethyl adjacent to an activating group) is 1. The fraction of sp³-hybridized carbons (Fsp3) is 0.316. The Labute approximate surface area is 192 Å². The minimum Gasteiger partial charge on any atom is -0.305 e. The summed E-state index contributed by atoms with van der Waals surface area (Å²) in [7, 11) is -1.78. The van der Waals surface area contributed by atoms with Gasteiger partial charge in [0, 0.05) is 34.4 Å². The molecule has 0 bridgehead atoms. The number of sulfonamides is 1. The van der Waals surface area contributed by atoms with Crippen LogP contribution in [0.15, 0.2) is 51.1 Å². The minimum atomic E-state index is -3.76. The molecule has 1 heterocycles. The molecular weight excluding hydrogens is 473 g/mol. The Morgan fingerprint density at radius 3 is 2.52 bits per heavy atom. The highest BCUT2D eigenvalue weighted by atomic mass is 35.5. The van der Waals surface area contributed by atoms with E-state index in [-0.39, 0.29) is 17.3 Å². The second kappa shape index (κ2) is 10.4. The van der Waals surface area contributed by atoms with Crippen LogP contribution < -0.4 is 0 Å². The van der Waals surface area contributed by atoms with Gasteiger partial charge < -0.3 is 4.90 Å². The third kappa shape index (κ3) is 5.80. The molecule has 0 amide bonds. The van der Waals surface area contributed by atoms with Crippen LogP contribution >= 0.6 is 47.4 Å². The van der Waals surface area contributed by atoms with Crippen molar-refractivity contribution in [1.82, 2.24) is 9.21 Å². The van der Waals surface area contributed by atoms with Gasteiger partial charge in [0.05, 0.1) is 21.6 Å². The zero-order valence-electron chi connectivity index (χ0n) is 15.6. The van der Waals surface area contributed by atoms with Crippen molar-refractivity contribution in [2.75, 3.05) is 33.2 Å². The summed E-state index contributed by atoms with van der Waals surface area (Å²) in [6.07, 6.45) is 0.760. The maximum Gasteiger partial charge on any atom is 0.244 e. The van der Waals surface area contributed by atoms with Crippen LogP contribution in [-0.4, -0.2) is 50.8 Å². The van der Waals surface area contributed by atoms with Gasteiger partial charge in [0.25, 0.3) is 0 Å². The van der Waals surface area contributed by atoms with Crippen LogP contribution in [-0.2, 0) is 10.0 Å². The van der Waals surface area contributed by atoms with E-state index in [0.29, 0.717) is 45.0 Å². The molecule has 0 unspecified atom stereocenters. The molecule has 29 heavy (non-hydrogen) atoms. The molecule has 0 aromatic heterocycles. The van der Waals surface area contributed by atoms with Crippen molar-refractivity contribution in [2.24, 2.45) is 0 Å². The lowest BCUT2D eigenvalue weighted by Crippen LogP contribution is -2.34. The molecule has 156 valence electrons. The molecule has 10 heteroatoms. The van der Waals surface area contributed by atoms with Crippen molar-refractivity contribution >= 4 is 57.4 Å². The second-order valence-electron chi connectivity index (χ2n) is 6.51. The highest BCUT2D eigenvalue weighted by Crippen LogP contribution is 2.39. The van der Waals surface area contributed by atoms with Gasteiger partial charge in [0.2, 0.25) is 10.0 Å². The number of hydrogen-bond acceptors (Lipinski definition) is 5. The lowest BCUT2D eigenvalue weighted by molar-refractivity contribution is 0.347. The van der Waals surface area contributed by atoms with E-state index in [0.717, 1.165) is 13.0 Å². The van der Waals surface area contributed by atoms with Crippen LogP contribution in [0.3, 0.4) is 0 Å². The van der Waals surface area contributed by atoms with Gasteiger partial charge in [-0.3, -0.25) is 0 Å². The molecule has 1 fully saturated rings. The first-order valence-corrected chi connectivity index (χ1v) is 11.7. The highest BCUT2D eigenvalue weighted by molar-refractivity contribution is 8.00. The van der Waals surface area contributed by atoms with E-state index >= 15 is 0 Å². The van der Waals surface area contributed by atoms with Crippen molar-refractivity contribution in [3.63, 3.8) is 0 Å². The number of nitrogens with zero attached hydrogens (tertiary/aromatic N) is 3. The average Bonchev–Trinajstić information content (AvgIpc) is 2.90. The standard InChI is InChI=1S/C19H19Cl2N3O2S2.ClH/c1-23-7-2-8-24(10-9-23)28(25,26)19-11-14(13-22)3-6-17(19)27-18-12-15(20)4-5-16(18)21;/h3-6,11-12H,2,7-10H2,1H3;1H. The fourth-order valence-corrected chi connectivity index (χ4v) is 6.30. The average molecular weight is 493 g/mol. The molecule has 0 radical (unpaired) electrons. The van der Waals surface area contributed by atoms with Crippen LogP contribution in [0.1, 0.15) is 12.0 Å². The van der Waals surface area contributed by atoms with Gasteiger partial charge in [0.1, 0.15) is 0 Å². The molecule has 2 aromatic carbocycles. The van der Waals surface area contributed by atoms with Crippen molar-refractivity contribution in [3.8, 4) is 6.07 Å². The summed E-state index contributed by atoms with van der Waals surface area (Å²) in [6, 6.07) is 11.8. The molecule has 0 N–H and O–H groups in total. The summed E-state index contributed by atoms with van der Waals surface area (Å²) in [5.74, 6) is 0. The van der Waals surface area contributed by atoms with Gasteiger partial charge in [-0.15, -0.1) is 12.4 Å². The van der Waals surface area contributed by atoms with Gasteiger partial charge in [-0.05, 0) is 56.4 Å². The first-order chi connectivity index (χ1) is 13.3. The predicted octanol–water partition coefficient (Wildman–Crippen LogP) is 4.76. The Morgan fingerprint density at radius 2 is 1.79 bits per heavy atom. The Bertz CT molecular complexity index is 1030. The summed E-state index contributed by atoms with van der Waals surface area (Å²) in [5, 5.41) is 10.3. The van der Waals surface area contributed by atoms with Crippen LogP contribution in [0.4, 0.5) is 0 Å². The summed E-state index contributed by atoms with van der Waals surface area (Å²) < 4.78 is 28.3. The fourth-order valence-electron chi connectivity index (χ4n) is 2.94. The SMILES string of the molecule is CN1CCCN(S(=O)(=O)c2cc(C#N)ccc2Sc2cc(Cl)ccc2Cl)CC1.Cl. The summed E-state index contributed by atoms with van der Waals surface area (Å²) in [6.45, 7) is 2.38. The van der Waals surface area contributed by atoms with E-state index in [2.05, 4.69) is 4.90 Å². The van der Waals surface area contributed by atoms with E-state index in [4.69, 9.17) is 23.2 Å². The molecule has 0 atom stereocenters. The Morgan fingerprint density at radius 1 is 1.03 bits per heavy atom. The molecule has 0 saturated carbocycles. The number of benzene rings is 2. The van der Waals surface area contributed by atoms with Crippen LogP contribution in [0.2, 0.25) is 10.0 Å². The van der Waals surface area contributed by atoms with Gasteiger partial charge in [0.15, 0.2) is 0 Å². The Balaban J connectivity index is 0.00000300. The Kier molecular flexibility index (Phi) is 8.68. The van der Waals surface area contributed by atoms with E-state index in [9.17, 15) is 13.7 Å². The summed E-state index contributed by atoms with van der Waals surface area (Å²) in [4.78, 5) is 3.41.